The van der Waals surface area contributed by atoms with Crippen LogP contribution in [0.25, 0.3) is 10.2 Å². The van der Waals surface area contributed by atoms with E-state index in [9.17, 15) is 0 Å². The second kappa shape index (κ2) is 6.16. The summed E-state index contributed by atoms with van der Waals surface area (Å²) < 4.78 is 0. The number of aromatic nitrogens is 2. The summed E-state index contributed by atoms with van der Waals surface area (Å²) in [4.78, 5) is 11.9. The minimum absolute atomic E-state index is 0.317. The number of anilines is 2. The van der Waals surface area contributed by atoms with Crippen molar-refractivity contribution < 1.29 is 0 Å². The predicted octanol–water partition coefficient (Wildman–Crippen LogP) is 2.42. The van der Waals surface area contributed by atoms with Crippen molar-refractivity contribution in [1.82, 2.24) is 14.9 Å². The molecule has 2 aromatic rings. The van der Waals surface area contributed by atoms with E-state index in [1.165, 1.54) is 0 Å². The molecule has 104 valence electrons. The third-order valence-corrected chi connectivity index (χ3v) is 3.96. The first-order chi connectivity index (χ1) is 9.13. The van der Waals surface area contributed by atoms with Crippen molar-refractivity contribution in [2.45, 2.75) is 26.8 Å². The summed E-state index contributed by atoms with van der Waals surface area (Å²) in [5.41, 5.74) is 5.75. The van der Waals surface area contributed by atoms with Gasteiger partial charge in [-0.15, -0.1) is 11.3 Å². The third kappa shape index (κ3) is 3.33. The largest absolute Gasteiger partial charge is 0.368 e. The topological polar surface area (TPSA) is 67.1 Å². The van der Waals surface area contributed by atoms with Crippen molar-refractivity contribution in [3.63, 3.8) is 0 Å². The molecule has 0 aliphatic carbocycles. The number of nitrogens with zero attached hydrogens (tertiary/aromatic N) is 3. The Labute approximate surface area is 117 Å². The highest BCUT2D eigenvalue weighted by Crippen LogP contribution is 2.26. The number of nitrogens with one attached hydrogen (secondary N) is 1. The summed E-state index contributed by atoms with van der Waals surface area (Å²) in [5.74, 6) is 1.16. The fraction of sp³-hybridized carbons (Fsp3) is 0.538. The zero-order valence-electron chi connectivity index (χ0n) is 11.7. The summed E-state index contributed by atoms with van der Waals surface area (Å²) in [6, 6.07) is 2.35. The first-order valence-corrected chi connectivity index (χ1v) is 7.51. The Kier molecular flexibility index (Phi) is 4.55. The Bertz CT molecular complexity index is 535. The van der Waals surface area contributed by atoms with Crippen LogP contribution >= 0.6 is 11.3 Å². The number of hydrogen-bond acceptors (Lipinski definition) is 6. The Morgan fingerprint density at radius 1 is 1.37 bits per heavy atom. The van der Waals surface area contributed by atoms with Crippen molar-refractivity contribution >= 4 is 33.3 Å². The van der Waals surface area contributed by atoms with E-state index in [1.807, 2.05) is 11.4 Å². The van der Waals surface area contributed by atoms with Crippen LogP contribution in [0.3, 0.4) is 0 Å². The maximum Gasteiger partial charge on any atom is 0.223 e. The van der Waals surface area contributed by atoms with Gasteiger partial charge in [-0.2, -0.15) is 4.98 Å². The Balaban J connectivity index is 2.14. The van der Waals surface area contributed by atoms with E-state index in [4.69, 9.17) is 5.73 Å². The minimum atomic E-state index is 0.317. The molecule has 0 aliphatic heterocycles. The van der Waals surface area contributed by atoms with Crippen LogP contribution in [-0.2, 0) is 0 Å². The standard InChI is InChI=1S/C13H21N5S/c1-4-18(5-2)8-9(3)15-11-10-6-7-19-12(10)17-13(14)16-11/h6-7,9H,4-5,8H2,1-3H3,(H3,14,15,16,17). The van der Waals surface area contributed by atoms with Gasteiger partial charge in [0.1, 0.15) is 10.6 Å². The summed E-state index contributed by atoms with van der Waals surface area (Å²) in [7, 11) is 0. The molecule has 1 unspecified atom stereocenters. The highest BCUT2D eigenvalue weighted by Gasteiger charge is 2.12. The molecule has 0 aromatic carbocycles. The second-order valence-electron chi connectivity index (χ2n) is 4.60. The van der Waals surface area contributed by atoms with Crippen LogP contribution in [0.4, 0.5) is 11.8 Å². The molecule has 0 radical (unpaired) electrons. The van der Waals surface area contributed by atoms with E-state index in [0.717, 1.165) is 35.7 Å². The lowest BCUT2D eigenvalue weighted by Gasteiger charge is -2.24. The quantitative estimate of drug-likeness (QED) is 0.850. The molecule has 0 spiro atoms. The van der Waals surface area contributed by atoms with Crippen LogP contribution in [0.15, 0.2) is 11.4 Å². The average molecular weight is 279 g/mol. The first kappa shape index (κ1) is 14.0. The average Bonchev–Trinajstić information content (AvgIpc) is 2.84. The number of fused-ring (bicyclic) bond motifs is 1. The maximum atomic E-state index is 5.75. The summed E-state index contributed by atoms with van der Waals surface area (Å²) in [6.07, 6.45) is 0. The lowest BCUT2D eigenvalue weighted by Crippen LogP contribution is -2.35. The van der Waals surface area contributed by atoms with Crippen molar-refractivity contribution in [3.05, 3.63) is 11.4 Å². The molecule has 0 bridgehead atoms. The summed E-state index contributed by atoms with van der Waals surface area (Å²) in [5, 5.41) is 6.50. The lowest BCUT2D eigenvalue weighted by atomic mass is 10.3. The molecule has 1 atom stereocenters. The number of rotatable bonds is 6. The van der Waals surface area contributed by atoms with E-state index in [-0.39, 0.29) is 0 Å². The van der Waals surface area contributed by atoms with Crippen LogP contribution in [0.1, 0.15) is 20.8 Å². The zero-order valence-corrected chi connectivity index (χ0v) is 12.5. The van der Waals surface area contributed by atoms with E-state index in [1.54, 1.807) is 11.3 Å². The van der Waals surface area contributed by atoms with E-state index >= 15 is 0 Å². The molecule has 2 heterocycles. The highest BCUT2D eigenvalue weighted by molar-refractivity contribution is 7.16. The number of nitrogens with two attached hydrogens (primary N) is 1. The monoisotopic (exact) mass is 279 g/mol. The summed E-state index contributed by atoms with van der Waals surface area (Å²) >= 11 is 1.58. The van der Waals surface area contributed by atoms with Crippen LogP contribution in [0, 0.1) is 0 Å². The van der Waals surface area contributed by atoms with Crippen molar-refractivity contribution in [2.75, 3.05) is 30.7 Å². The third-order valence-electron chi connectivity index (χ3n) is 3.15. The molecule has 0 saturated heterocycles. The van der Waals surface area contributed by atoms with Crippen LogP contribution in [-0.4, -0.2) is 40.5 Å². The highest BCUT2D eigenvalue weighted by atomic mass is 32.1. The second-order valence-corrected chi connectivity index (χ2v) is 5.50. The molecule has 0 fully saturated rings. The maximum absolute atomic E-state index is 5.75. The number of hydrogen-bond donors (Lipinski definition) is 2. The molecule has 6 heteroatoms. The molecule has 0 amide bonds. The predicted molar refractivity (Wildman–Crippen MR) is 82.7 cm³/mol. The molecule has 5 nitrogen and oxygen atoms in total. The van der Waals surface area contributed by atoms with Gasteiger partial charge < -0.3 is 16.0 Å². The first-order valence-electron chi connectivity index (χ1n) is 6.63. The Morgan fingerprint density at radius 2 is 2.11 bits per heavy atom. The molecular formula is C13H21N5S. The van der Waals surface area contributed by atoms with Gasteiger partial charge in [0.05, 0.1) is 5.39 Å². The van der Waals surface area contributed by atoms with Gasteiger partial charge in [0.15, 0.2) is 0 Å². The van der Waals surface area contributed by atoms with Gasteiger partial charge >= 0.3 is 0 Å². The normalized spacial score (nSPS) is 13.1. The van der Waals surface area contributed by atoms with Gasteiger partial charge in [-0.25, -0.2) is 4.98 Å². The fourth-order valence-corrected chi connectivity index (χ4v) is 2.90. The molecule has 0 saturated carbocycles. The zero-order chi connectivity index (χ0) is 13.8. The van der Waals surface area contributed by atoms with Crippen LogP contribution in [0.5, 0.6) is 0 Å². The number of thiophene rings is 1. The smallest absolute Gasteiger partial charge is 0.223 e. The van der Waals surface area contributed by atoms with Gasteiger partial charge in [-0.05, 0) is 31.5 Å². The molecule has 0 aliphatic rings. The minimum Gasteiger partial charge on any atom is -0.368 e. The van der Waals surface area contributed by atoms with Crippen molar-refractivity contribution in [2.24, 2.45) is 0 Å². The van der Waals surface area contributed by atoms with Gasteiger partial charge in [0, 0.05) is 12.6 Å². The van der Waals surface area contributed by atoms with Gasteiger partial charge in [-0.3, -0.25) is 0 Å². The number of likely N-dealkylation sites (N-methyl/N-ethyl adjacent to an activating group) is 1. The fourth-order valence-electron chi connectivity index (χ4n) is 2.13. The van der Waals surface area contributed by atoms with Crippen LogP contribution < -0.4 is 11.1 Å². The van der Waals surface area contributed by atoms with E-state index in [2.05, 4.69) is 41.0 Å². The Hall–Kier alpha value is -1.40. The van der Waals surface area contributed by atoms with Gasteiger partial charge in [0.25, 0.3) is 0 Å². The molecular weight excluding hydrogens is 258 g/mol. The molecule has 3 N–H and O–H groups in total. The SMILES string of the molecule is CCN(CC)CC(C)Nc1nc(N)nc2sccc12. The molecule has 2 rings (SSSR count). The lowest BCUT2D eigenvalue weighted by molar-refractivity contribution is 0.294. The molecule has 19 heavy (non-hydrogen) atoms. The van der Waals surface area contributed by atoms with Crippen molar-refractivity contribution in [1.29, 1.82) is 0 Å². The van der Waals surface area contributed by atoms with Crippen molar-refractivity contribution in [3.8, 4) is 0 Å². The number of nitrogen functional groups attached to an aromatic ring is 1. The van der Waals surface area contributed by atoms with Gasteiger partial charge in [-0.1, -0.05) is 13.8 Å². The molecule has 2 aromatic heterocycles. The van der Waals surface area contributed by atoms with Gasteiger partial charge in [0.2, 0.25) is 5.95 Å². The van der Waals surface area contributed by atoms with Crippen LogP contribution in [0.2, 0.25) is 0 Å². The summed E-state index contributed by atoms with van der Waals surface area (Å²) in [6.45, 7) is 9.62. The van der Waals surface area contributed by atoms with E-state index < -0.39 is 0 Å². The van der Waals surface area contributed by atoms with E-state index in [0.29, 0.717) is 12.0 Å². The Morgan fingerprint density at radius 3 is 2.79 bits per heavy atom.